The van der Waals surface area contributed by atoms with Crippen molar-refractivity contribution >= 4 is 28.8 Å². The summed E-state index contributed by atoms with van der Waals surface area (Å²) in [5, 5.41) is 21.5. The number of carbonyl (C=O) groups is 2. The molecule has 3 aliphatic rings. The fraction of sp³-hybridized carbons (Fsp3) is 0.192. The molecule has 2 N–H and O–H groups in total. The molecule has 9 heteroatoms. The third-order valence-corrected chi connectivity index (χ3v) is 6.75. The number of carbonyl (C=O) groups excluding carboxylic acids is 2. The number of rotatable bonds is 3. The zero-order valence-electron chi connectivity index (χ0n) is 18.5. The van der Waals surface area contributed by atoms with Gasteiger partial charge in [0.1, 0.15) is 17.3 Å². The minimum atomic E-state index is -1.70. The molecule has 2 aliphatic heterocycles. The van der Waals surface area contributed by atoms with Crippen LogP contribution in [0.5, 0.6) is 0 Å². The van der Waals surface area contributed by atoms with Gasteiger partial charge in [0.25, 0.3) is 5.69 Å². The first kappa shape index (κ1) is 21.9. The van der Waals surface area contributed by atoms with Gasteiger partial charge in [-0.3, -0.25) is 29.5 Å². The Bertz CT molecular complexity index is 1460. The van der Waals surface area contributed by atoms with Crippen molar-refractivity contribution in [1.82, 2.24) is 0 Å². The fourth-order valence-corrected chi connectivity index (χ4v) is 5.39. The molecular weight excluding hydrogens is 446 g/mol. The Kier molecular flexibility index (Phi) is 4.92. The molecular formula is C26H19N5O4. The van der Waals surface area contributed by atoms with E-state index in [4.69, 9.17) is 12.2 Å². The van der Waals surface area contributed by atoms with Crippen molar-refractivity contribution in [2.45, 2.75) is 24.7 Å². The van der Waals surface area contributed by atoms with Crippen LogP contribution in [-0.4, -0.2) is 23.2 Å². The lowest BCUT2D eigenvalue weighted by Crippen LogP contribution is -2.52. The zero-order chi connectivity index (χ0) is 24.9. The van der Waals surface area contributed by atoms with E-state index < -0.39 is 16.2 Å². The molecule has 0 bridgehead atoms. The van der Waals surface area contributed by atoms with Gasteiger partial charge in [0, 0.05) is 46.8 Å². The van der Waals surface area contributed by atoms with Crippen molar-refractivity contribution in [1.29, 1.82) is 5.26 Å². The van der Waals surface area contributed by atoms with E-state index in [1.165, 1.54) is 29.2 Å². The number of hydrogen-bond donors (Lipinski definition) is 1. The summed E-state index contributed by atoms with van der Waals surface area (Å²) in [4.78, 5) is 41.3. The number of anilines is 2. The second-order valence-electron chi connectivity index (χ2n) is 8.44. The van der Waals surface area contributed by atoms with Crippen molar-refractivity contribution in [3.63, 3.8) is 0 Å². The molecule has 0 aromatic heterocycles. The van der Waals surface area contributed by atoms with E-state index >= 15 is 0 Å². The molecule has 0 saturated carbocycles. The predicted molar refractivity (Wildman–Crippen MR) is 128 cm³/mol. The molecule has 0 radical (unpaired) electrons. The number of nitriles is 1. The van der Waals surface area contributed by atoms with Crippen LogP contribution in [0, 0.1) is 33.8 Å². The number of fused-ring (bicyclic) bond motifs is 3. The highest BCUT2D eigenvalue weighted by Gasteiger charge is 2.62. The van der Waals surface area contributed by atoms with Crippen LogP contribution < -0.4 is 15.5 Å². The molecule has 1 aliphatic carbocycles. The number of ketones is 1. The number of amides is 1. The maximum Gasteiger partial charge on any atom is 0.269 e. The number of para-hydroxylation sites is 1. The van der Waals surface area contributed by atoms with Gasteiger partial charge >= 0.3 is 0 Å². The third-order valence-electron chi connectivity index (χ3n) is 6.75. The normalized spacial score (nSPS) is 21.1. The van der Waals surface area contributed by atoms with Gasteiger partial charge in [-0.2, -0.15) is 5.26 Å². The van der Waals surface area contributed by atoms with Crippen molar-refractivity contribution in [2.24, 2.45) is 5.73 Å². The van der Waals surface area contributed by atoms with Gasteiger partial charge in [-0.1, -0.05) is 24.1 Å². The second kappa shape index (κ2) is 7.86. The van der Waals surface area contributed by atoms with E-state index in [0.29, 0.717) is 35.5 Å². The van der Waals surface area contributed by atoms with Crippen molar-refractivity contribution in [2.75, 3.05) is 16.3 Å². The average Bonchev–Trinajstić information content (AvgIpc) is 3.09. The molecule has 9 nitrogen and oxygen atoms in total. The first-order valence-corrected chi connectivity index (χ1v) is 10.9. The van der Waals surface area contributed by atoms with Gasteiger partial charge < -0.3 is 5.73 Å². The number of nitro groups is 1. The summed E-state index contributed by atoms with van der Waals surface area (Å²) in [6, 6.07) is 14.8. The summed E-state index contributed by atoms with van der Waals surface area (Å²) in [6.45, 7) is -0.0287. The number of nitrogens with two attached hydrogens (primary N) is 1. The van der Waals surface area contributed by atoms with Gasteiger partial charge in [-0.15, -0.1) is 6.42 Å². The number of Topliss-reactive ketones (excluding diaryl/α,β-unsaturated/α-hetero) is 1. The van der Waals surface area contributed by atoms with Crippen molar-refractivity contribution < 1.29 is 14.5 Å². The largest absolute Gasteiger partial charge is 0.384 e. The predicted octanol–water partition coefficient (Wildman–Crippen LogP) is 3.03. The Morgan fingerprint density at radius 3 is 2.51 bits per heavy atom. The SMILES string of the molecule is C#CCN1C(=O)C2(C(C#N)=C(N)N(c3ccc([N+](=O)[O-])cc3)C3=C2C(=O)CCC3)c2ccccc21. The first-order chi connectivity index (χ1) is 16.9. The monoisotopic (exact) mass is 465 g/mol. The van der Waals surface area contributed by atoms with E-state index in [-0.39, 0.29) is 41.4 Å². The van der Waals surface area contributed by atoms with Gasteiger partial charge in [0.15, 0.2) is 5.78 Å². The third kappa shape index (κ3) is 2.82. The van der Waals surface area contributed by atoms with Crippen LogP contribution in [0.25, 0.3) is 0 Å². The number of hydrogen-bond acceptors (Lipinski definition) is 7. The lowest BCUT2D eigenvalue weighted by molar-refractivity contribution is -0.384. The number of non-ortho nitro benzene ring substituents is 1. The molecule has 1 amide bonds. The molecule has 1 unspecified atom stereocenters. The molecule has 2 aromatic carbocycles. The molecule has 5 rings (SSSR count). The van der Waals surface area contributed by atoms with E-state index in [2.05, 4.69) is 12.0 Å². The minimum Gasteiger partial charge on any atom is -0.384 e. The molecule has 172 valence electrons. The standard InChI is InChI=1S/C26H19N5O4/c1-2-14-29-20-7-4-3-6-18(20)26(25(29)33)19(15-27)24(28)30(21-8-5-9-22(32)23(21)26)16-10-12-17(13-11-16)31(34)35/h1,3-4,6-7,10-13H,5,8-9,14,28H2. The summed E-state index contributed by atoms with van der Waals surface area (Å²) in [6.07, 6.45) is 6.74. The van der Waals surface area contributed by atoms with Gasteiger partial charge in [-0.25, -0.2) is 0 Å². The highest BCUT2D eigenvalue weighted by Crippen LogP contribution is 2.56. The maximum atomic E-state index is 14.1. The van der Waals surface area contributed by atoms with Crippen LogP contribution in [0.3, 0.4) is 0 Å². The van der Waals surface area contributed by atoms with Crippen LogP contribution in [-0.2, 0) is 15.0 Å². The Labute approximate surface area is 200 Å². The summed E-state index contributed by atoms with van der Waals surface area (Å²) in [7, 11) is 0. The number of allylic oxidation sites excluding steroid dienone is 1. The van der Waals surface area contributed by atoms with Crippen LogP contribution >= 0.6 is 0 Å². The molecule has 2 aromatic rings. The molecule has 1 atom stereocenters. The number of benzene rings is 2. The summed E-state index contributed by atoms with van der Waals surface area (Å²) in [5.74, 6) is 1.76. The first-order valence-electron chi connectivity index (χ1n) is 10.9. The number of terminal acetylenes is 1. The molecule has 1 spiro atoms. The highest BCUT2D eigenvalue weighted by molar-refractivity contribution is 6.20. The lowest BCUT2D eigenvalue weighted by Gasteiger charge is -2.43. The maximum absolute atomic E-state index is 14.1. The number of nitrogens with zero attached hydrogens (tertiary/aromatic N) is 4. The van der Waals surface area contributed by atoms with E-state index in [1.54, 1.807) is 29.2 Å². The molecule has 35 heavy (non-hydrogen) atoms. The Hall–Kier alpha value is -4.89. The quantitative estimate of drug-likeness (QED) is 0.418. The molecule has 0 saturated heterocycles. The van der Waals surface area contributed by atoms with Crippen molar-refractivity contribution in [3.05, 3.63) is 86.9 Å². The Balaban J connectivity index is 1.84. The van der Waals surface area contributed by atoms with Crippen molar-refractivity contribution in [3.8, 4) is 18.4 Å². The lowest BCUT2D eigenvalue weighted by atomic mass is 9.64. The van der Waals surface area contributed by atoms with E-state index in [1.807, 2.05) is 0 Å². The minimum absolute atomic E-state index is 0.000476. The Morgan fingerprint density at radius 2 is 1.86 bits per heavy atom. The van der Waals surface area contributed by atoms with Gasteiger partial charge in [-0.05, 0) is 31.0 Å². The van der Waals surface area contributed by atoms with Gasteiger partial charge in [0.05, 0.1) is 17.0 Å². The van der Waals surface area contributed by atoms with Crippen LogP contribution in [0.1, 0.15) is 24.8 Å². The molecule has 0 fully saturated rings. The van der Waals surface area contributed by atoms with Crippen LogP contribution in [0.4, 0.5) is 17.1 Å². The van der Waals surface area contributed by atoms with E-state index in [0.717, 1.165) is 0 Å². The topological polar surface area (TPSA) is 134 Å². The van der Waals surface area contributed by atoms with E-state index in [9.17, 15) is 25.0 Å². The summed E-state index contributed by atoms with van der Waals surface area (Å²) in [5.41, 5.74) is 6.93. The molecule has 2 heterocycles. The smallest absolute Gasteiger partial charge is 0.269 e. The summed E-state index contributed by atoms with van der Waals surface area (Å²) < 4.78 is 0. The second-order valence-corrected chi connectivity index (χ2v) is 8.44. The van der Waals surface area contributed by atoms with Gasteiger partial charge in [0.2, 0.25) is 5.91 Å². The Morgan fingerprint density at radius 1 is 1.14 bits per heavy atom. The van der Waals surface area contributed by atoms with Crippen LogP contribution in [0.2, 0.25) is 0 Å². The summed E-state index contributed by atoms with van der Waals surface area (Å²) >= 11 is 0. The highest BCUT2D eigenvalue weighted by atomic mass is 16.6. The fourth-order valence-electron chi connectivity index (χ4n) is 5.39. The van der Waals surface area contributed by atoms with Crippen LogP contribution in [0.15, 0.2) is 71.2 Å². The zero-order valence-corrected chi connectivity index (χ0v) is 18.5. The number of nitro benzene ring substituents is 1. The average molecular weight is 465 g/mol.